The maximum Gasteiger partial charge on any atom is 0.407 e. The first-order chi connectivity index (χ1) is 15.5. The number of amides is 1. The SMILES string of the molecule is Nc1ncc(-c2cnn(C3CCN(C(=O)O)CC3)c2)cc1-c1cc2cc(Br)ccc2cn1. The van der Waals surface area contributed by atoms with Crippen molar-refractivity contribution in [3.63, 3.8) is 0 Å². The van der Waals surface area contributed by atoms with Gasteiger partial charge in [0, 0.05) is 58.2 Å². The molecule has 0 saturated carbocycles. The largest absolute Gasteiger partial charge is 0.465 e. The lowest BCUT2D eigenvalue weighted by Crippen LogP contribution is -2.38. The maximum absolute atomic E-state index is 11.1. The summed E-state index contributed by atoms with van der Waals surface area (Å²) in [7, 11) is 0. The third-order valence-electron chi connectivity index (χ3n) is 5.92. The summed E-state index contributed by atoms with van der Waals surface area (Å²) in [5, 5.41) is 15.8. The zero-order valence-electron chi connectivity index (χ0n) is 17.1. The number of anilines is 1. The molecule has 0 unspecified atom stereocenters. The number of benzene rings is 1. The van der Waals surface area contributed by atoms with Gasteiger partial charge in [-0.15, -0.1) is 0 Å². The summed E-state index contributed by atoms with van der Waals surface area (Å²) >= 11 is 3.52. The zero-order valence-corrected chi connectivity index (χ0v) is 18.7. The Morgan fingerprint density at radius 3 is 2.62 bits per heavy atom. The Morgan fingerprint density at radius 1 is 1.03 bits per heavy atom. The Labute approximate surface area is 192 Å². The Balaban J connectivity index is 1.43. The quantitative estimate of drug-likeness (QED) is 0.424. The number of carboxylic acid groups (broad SMARTS) is 1. The van der Waals surface area contributed by atoms with E-state index >= 15 is 0 Å². The van der Waals surface area contributed by atoms with Crippen LogP contribution < -0.4 is 5.73 Å². The van der Waals surface area contributed by atoms with Gasteiger partial charge in [-0.2, -0.15) is 5.10 Å². The number of hydrogen-bond donors (Lipinski definition) is 2. The zero-order chi connectivity index (χ0) is 22.2. The molecule has 0 atom stereocenters. The summed E-state index contributed by atoms with van der Waals surface area (Å²) in [4.78, 5) is 21.6. The molecule has 1 aliphatic rings. The molecule has 0 bridgehead atoms. The highest BCUT2D eigenvalue weighted by atomic mass is 79.9. The fraction of sp³-hybridized carbons (Fsp3) is 0.217. The van der Waals surface area contributed by atoms with E-state index in [1.807, 2.05) is 53.6 Å². The molecule has 162 valence electrons. The lowest BCUT2D eigenvalue weighted by Gasteiger charge is -2.30. The monoisotopic (exact) mass is 492 g/mol. The van der Waals surface area contributed by atoms with Gasteiger partial charge in [-0.25, -0.2) is 9.78 Å². The van der Waals surface area contributed by atoms with Crippen LogP contribution in [0.4, 0.5) is 10.6 Å². The van der Waals surface area contributed by atoms with E-state index in [2.05, 4.69) is 31.0 Å². The molecule has 1 fully saturated rings. The molecule has 3 N–H and O–H groups in total. The molecule has 1 aromatic carbocycles. The van der Waals surface area contributed by atoms with Crippen LogP contribution in [0.5, 0.6) is 0 Å². The summed E-state index contributed by atoms with van der Waals surface area (Å²) in [6, 6.07) is 10.2. The summed E-state index contributed by atoms with van der Waals surface area (Å²) in [6.45, 7) is 1.04. The lowest BCUT2D eigenvalue weighted by atomic mass is 10.0. The fourth-order valence-corrected chi connectivity index (χ4v) is 4.48. The maximum atomic E-state index is 11.1. The molecule has 9 heteroatoms. The smallest absolute Gasteiger partial charge is 0.407 e. The van der Waals surface area contributed by atoms with Crippen LogP contribution in [0.2, 0.25) is 0 Å². The number of likely N-dealkylation sites (tertiary alicyclic amines) is 1. The summed E-state index contributed by atoms with van der Waals surface area (Å²) in [6.07, 6.45) is 8.01. The molecular formula is C23H21BrN6O2. The van der Waals surface area contributed by atoms with Crippen molar-refractivity contribution in [3.8, 4) is 22.4 Å². The average molecular weight is 493 g/mol. The van der Waals surface area contributed by atoms with Gasteiger partial charge in [-0.1, -0.05) is 22.0 Å². The highest BCUT2D eigenvalue weighted by molar-refractivity contribution is 9.10. The Bertz CT molecular complexity index is 1310. The fourth-order valence-electron chi connectivity index (χ4n) is 4.11. The highest BCUT2D eigenvalue weighted by Gasteiger charge is 2.24. The Kier molecular flexibility index (Phi) is 5.26. The number of rotatable bonds is 3. The van der Waals surface area contributed by atoms with Gasteiger partial charge in [-0.05, 0) is 42.5 Å². The second-order valence-corrected chi connectivity index (χ2v) is 8.84. The first-order valence-electron chi connectivity index (χ1n) is 10.3. The van der Waals surface area contributed by atoms with E-state index < -0.39 is 6.09 Å². The second kappa shape index (κ2) is 8.23. The second-order valence-electron chi connectivity index (χ2n) is 7.93. The molecule has 0 radical (unpaired) electrons. The molecule has 0 aliphatic carbocycles. The number of nitrogen functional groups attached to an aromatic ring is 1. The van der Waals surface area contributed by atoms with Crippen LogP contribution in [0, 0.1) is 0 Å². The van der Waals surface area contributed by atoms with Gasteiger partial charge in [0.05, 0.1) is 17.9 Å². The van der Waals surface area contributed by atoms with E-state index in [1.165, 1.54) is 4.90 Å². The van der Waals surface area contributed by atoms with Gasteiger partial charge in [0.15, 0.2) is 0 Å². The molecule has 8 nitrogen and oxygen atoms in total. The topological polar surface area (TPSA) is 110 Å². The Morgan fingerprint density at radius 2 is 1.84 bits per heavy atom. The number of carbonyl (C=O) groups is 1. The third-order valence-corrected chi connectivity index (χ3v) is 6.42. The molecule has 5 rings (SSSR count). The van der Waals surface area contributed by atoms with E-state index in [9.17, 15) is 4.79 Å². The van der Waals surface area contributed by atoms with E-state index in [0.29, 0.717) is 18.9 Å². The van der Waals surface area contributed by atoms with Crippen LogP contribution in [0.3, 0.4) is 0 Å². The van der Waals surface area contributed by atoms with Crippen molar-refractivity contribution in [2.24, 2.45) is 0 Å². The first kappa shape index (κ1) is 20.4. The summed E-state index contributed by atoms with van der Waals surface area (Å²) < 4.78 is 2.93. The predicted molar refractivity (Wildman–Crippen MR) is 126 cm³/mol. The van der Waals surface area contributed by atoms with E-state index in [0.717, 1.165) is 50.5 Å². The summed E-state index contributed by atoms with van der Waals surface area (Å²) in [5.41, 5.74) is 9.57. The molecule has 1 saturated heterocycles. The van der Waals surface area contributed by atoms with Crippen molar-refractivity contribution in [2.45, 2.75) is 18.9 Å². The minimum absolute atomic E-state index is 0.182. The van der Waals surface area contributed by atoms with Gasteiger partial charge in [0.1, 0.15) is 5.82 Å². The number of halogens is 1. The number of nitrogens with two attached hydrogens (primary N) is 1. The van der Waals surface area contributed by atoms with Gasteiger partial charge < -0.3 is 15.7 Å². The van der Waals surface area contributed by atoms with Gasteiger partial charge >= 0.3 is 6.09 Å². The van der Waals surface area contributed by atoms with E-state index in [-0.39, 0.29) is 6.04 Å². The number of aromatic nitrogens is 4. The number of fused-ring (bicyclic) bond motifs is 1. The predicted octanol–water partition coefficient (Wildman–Crippen LogP) is 4.82. The van der Waals surface area contributed by atoms with Gasteiger partial charge in [0.25, 0.3) is 0 Å². The third kappa shape index (κ3) is 3.91. The van der Waals surface area contributed by atoms with Crippen molar-refractivity contribution in [1.82, 2.24) is 24.6 Å². The summed E-state index contributed by atoms with van der Waals surface area (Å²) in [5.74, 6) is 0.420. The standard InChI is InChI=1S/C23H21BrN6O2/c24-18-2-1-14-10-26-21(9-15(14)7-18)20-8-16(11-27-22(20)25)17-12-28-30(13-17)19-3-5-29(6-4-19)23(31)32/h1-2,7-13,19H,3-6H2,(H2,25,27)(H,31,32). The molecular weight excluding hydrogens is 472 g/mol. The van der Waals surface area contributed by atoms with E-state index in [1.54, 1.807) is 6.20 Å². The van der Waals surface area contributed by atoms with Gasteiger partial charge in [-0.3, -0.25) is 9.67 Å². The Hall–Kier alpha value is -3.46. The number of pyridine rings is 2. The van der Waals surface area contributed by atoms with Crippen molar-refractivity contribution < 1.29 is 9.90 Å². The van der Waals surface area contributed by atoms with Crippen molar-refractivity contribution in [1.29, 1.82) is 0 Å². The lowest BCUT2D eigenvalue weighted by molar-refractivity contribution is 0.124. The van der Waals surface area contributed by atoms with Crippen LogP contribution in [0.25, 0.3) is 33.2 Å². The van der Waals surface area contributed by atoms with Crippen LogP contribution in [-0.2, 0) is 0 Å². The van der Waals surface area contributed by atoms with Crippen LogP contribution in [0.15, 0.2) is 59.6 Å². The van der Waals surface area contributed by atoms with Crippen molar-refractivity contribution >= 4 is 38.6 Å². The molecule has 1 aliphatic heterocycles. The number of hydrogen-bond acceptors (Lipinski definition) is 5. The molecule has 4 heterocycles. The average Bonchev–Trinajstić information content (AvgIpc) is 3.29. The molecule has 4 aromatic rings. The van der Waals surface area contributed by atoms with Crippen LogP contribution in [0.1, 0.15) is 18.9 Å². The van der Waals surface area contributed by atoms with Crippen LogP contribution >= 0.6 is 15.9 Å². The van der Waals surface area contributed by atoms with Crippen molar-refractivity contribution in [2.75, 3.05) is 18.8 Å². The number of nitrogens with zero attached hydrogens (tertiary/aromatic N) is 5. The van der Waals surface area contributed by atoms with Crippen LogP contribution in [-0.4, -0.2) is 48.9 Å². The minimum Gasteiger partial charge on any atom is -0.465 e. The molecule has 1 amide bonds. The first-order valence-corrected chi connectivity index (χ1v) is 11.1. The molecule has 0 spiro atoms. The molecule has 3 aromatic heterocycles. The highest BCUT2D eigenvalue weighted by Crippen LogP contribution is 2.31. The van der Waals surface area contributed by atoms with Gasteiger partial charge in [0.2, 0.25) is 0 Å². The minimum atomic E-state index is -0.861. The van der Waals surface area contributed by atoms with E-state index in [4.69, 9.17) is 10.8 Å². The molecule has 32 heavy (non-hydrogen) atoms. The number of piperidine rings is 1. The van der Waals surface area contributed by atoms with Crippen molar-refractivity contribution in [3.05, 3.63) is 59.6 Å². The normalized spacial score (nSPS) is 14.7.